The van der Waals surface area contributed by atoms with Crippen LogP contribution in [0.25, 0.3) is 0 Å². The highest BCUT2D eigenvalue weighted by molar-refractivity contribution is 6.05. The summed E-state index contributed by atoms with van der Waals surface area (Å²) in [6.45, 7) is 4.03. The number of methoxy groups -OCH3 is 3. The molecule has 2 rings (SSSR count). The molecule has 1 fully saturated rings. The number of rotatable bonds is 5. The fraction of sp³-hybridized carbons (Fsp3) is 0.500. The Kier molecular flexibility index (Phi) is 5.66. The fourth-order valence-electron chi connectivity index (χ4n) is 2.99. The van der Waals surface area contributed by atoms with E-state index in [0.717, 1.165) is 0 Å². The fourth-order valence-corrected chi connectivity index (χ4v) is 2.99. The van der Waals surface area contributed by atoms with Gasteiger partial charge in [-0.1, -0.05) is 13.8 Å². The molecule has 0 spiro atoms. The molecule has 1 aliphatic carbocycles. The Labute approximate surface area is 147 Å². The van der Waals surface area contributed by atoms with Crippen LogP contribution < -0.4 is 19.6 Å². The summed E-state index contributed by atoms with van der Waals surface area (Å²) in [5.74, 6) is 0.898. The number of Topliss-reactive ketones (excluding diaryl/α,β-unsaturated/α-hetero) is 1. The van der Waals surface area contributed by atoms with Gasteiger partial charge in [0.1, 0.15) is 5.78 Å². The Hall–Kier alpha value is -2.57. The summed E-state index contributed by atoms with van der Waals surface area (Å²) < 4.78 is 15.7. The number of amides is 1. The van der Waals surface area contributed by atoms with Crippen LogP contribution in [0.2, 0.25) is 0 Å². The van der Waals surface area contributed by atoms with Crippen molar-refractivity contribution in [1.29, 1.82) is 0 Å². The number of nitrogens with one attached hydrogen (secondary N) is 1. The molecule has 7 heteroatoms. The van der Waals surface area contributed by atoms with E-state index >= 15 is 0 Å². The lowest BCUT2D eigenvalue weighted by Gasteiger charge is -2.29. The van der Waals surface area contributed by atoms with E-state index in [-0.39, 0.29) is 17.6 Å². The van der Waals surface area contributed by atoms with E-state index in [0.29, 0.717) is 41.4 Å². The summed E-state index contributed by atoms with van der Waals surface area (Å²) in [7, 11) is 4.46. The number of nitrogens with zero attached hydrogens (tertiary/aromatic N) is 1. The zero-order chi connectivity index (χ0) is 18.6. The van der Waals surface area contributed by atoms with Crippen LogP contribution in [0.4, 0.5) is 0 Å². The van der Waals surface area contributed by atoms with E-state index in [4.69, 9.17) is 14.2 Å². The van der Waals surface area contributed by atoms with Gasteiger partial charge in [0.05, 0.1) is 21.3 Å². The van der Waals surface area contributed by atoms with Crippen molar-refractivity contribution in [2.75, 3.05) is 21.3 Å². The van der Waals surface area contributed by atoms with Crippen molar-refractivity contribution in [3.8, 4) is 17.2 Å². The molecule has 0 aromatic heterocycles. The maximum Gasteiger partial charge on any atom is 0.271 e. The Morgan fingerprint density at radius 1 is 1.08 bits per heavy atom. The van der Waals surface area contributed by atoms with Crippen LogP contribution >= 0.6 is 0 Å². The zero-order valence-electron chi connectivity index (χ0n) is 15.3. The maximum absolute atomic E-state index is 12.4. The van der Waals surface area contributed by atoms with Crippen LogP contribution in [0.15, 0.2) is 17.2 Å². The van der Waals surface area contributed by atoms with Crippen LogP contribution in [0.3, 0.4) is 0 Å². The molecule has 7 nitrogen and oxygen atoms in total. The molecule has 0 radical (unpaired) electrons. The van der Waals surface area contributed by atoms with Gasteiger partial charge >= 0.3 is 0 Å². The molecule has 1 aromatic rings. The van der Waals surface area contributed by atoms with Crippen LogP contribution in [-0.4, -0.2) is 38.7 Å². The number of hydrogen-bond donors (Lipinski definition) is 1. The van der Waals surface area contributed by atoms with Crippen molar-refractivity contribution in [2.45, 2.75) is 33.1 Å². The highest BCUT2D eigenvalue weighted by Gasteiger charge is 2.30. The standard InChI is InChI=1S/C18H24N2O5/c1-18(2)9-12(8-13(21)10-18)19-20-17(22)11-6-14(23-3)16(25-5)15(7-11)24-4/h6-7H,8-10H2,1-5H3,(H,20,22)/b19-12-. The van der Waals surface area contributed by atoms with E-state index in [2.05, 4.69) is 10.5 Å². The number of ether oxygens (including phenoxy) is 3. The molecule has 0 aliphatic heterocycles. The first kappa shape index (κ1) is 18.8. The highest BCUT2D eigenvalue weighted by Crippen LogP contribution is 2.38. The van der Waals surface area contributed by atoms with Crippen LogP contribution in [0, 0.1) is 5.41 Å². The predicted octanol–water partition coefficient (Wildman–Crippen LogP) is 2.58. The smallest absolute Gasteiger partial charge is 0.271 e. The molecular formula is C18H24N2O5. The summed E-state index contributed by atoms with van der Waals surface area (Å²) in [6, 6.07) is 3.10. The van der Waals surface area contributed by atoms with Gasteiger partial charge in [-0.15, -0.1) is 0 Å². The second-order valence-corrected chi connectivity index (χ2v) is 6.77. The number of hydrazone groups is 1. The lowest BCUT2D eigenvalue weighted by Crippen LogP contribution is -2.31. The quantitative estimate of drug-likeness (QED) is 0.827. The van der Waals surface area contributed by atoms with Gasteiger partial charge in [0, 0.05) is 24.1 Å². The van der Waals surface area contributed by atoms with Gasteiger partial charge in [-0.05, 0) is 24.0 Å². The Morgan fingerprint density at radius 2 is 1.68 bits per heavy atom. The average molecular weight is 348 g/mol. The second-order valence-electron chi connectivity index (χ2n) is 6.77. The Balaban J connectivity index is 2.21. The number of carbonyl (C=O) groups excluding carboxylic acids is 2. The van der Waals surface area contributed by atoms with E-state index in [1.165, 1.54) is 21.3 Å². The van der Waals surface area contributed by atoms with Gasteiger partial charge in [0.25, 0.3) is 5.91 Å². The second kappa shape index (κ2) is 7.55. The SMILES string of the molecule is COc1cc(C(=O)N/N=C2/CC(=O)CC(C)(C)C2)cc(OC)c1OC. The van der Waals surface area contributed by atoms with Gasteiger partial charge in [-0.25, -0.2) is 5.43 Å². The normalized spacial score (nSPS) is 18.0. The Morgan fingerprint density at radius 3 is 2.16 bits per heavy atom. The number of ketones is 1. The summed E-state index contributed by atoms with van der Waals surface area (Å²) in [5, 5.41) is 4.14. The molecule has 0 unspecified atom stereocenters. The summed E-state index contributed by atoms with van der Waals surface area (Å²) >= 11 is 0. The minimum Gasteiger partial charge on any atom is -0.493 e. The molecule has 1 saturated carbocycles. The highest BCUT2D eigenvalue weighted by atomic mass is 16.5. The van der Waals surface area contributed by atoms with Crippen molar-refractivity contribution < 1.29 is 23.8 Å². The summed E-state index contributed by atoms with van der Waals surface area (Å²) in [5.41, 5.74) is 3.38. The van der Waals surface area contributed by atoms with Gasteiger partial charge in [-0.3, -0.25) is 9.59 Å². The molecule has 1 N–H and O–H groups in total. The number of benzene rings is 1. The van der Waals surface area contributed by atoms with Crippen LogP contribution in [0.1, 0.15) is 43.5 Å². The molecule has 1 aliphatic rings. The molecule has 0 heterocycles. The first-order valence-electron chi connectivity index (χ1n) is 7.97. The van der Waals surface area contributed by atoms with E-state index in [9.17, 15) is 9.59 Å². The molecule has 25 heavy (non-hydrogen) atoms. The molecular weight excluding hydrogens is 324 g/mol. The molecule has 0 bridgehead atoms. The topological polar surface area (TPSA) is 86.2 Å². The first-order valence-corrected chi connectivity index (χ1v) is 7.97. The largest absolute Gasteiger partial charge is 0.493 e. The third-order valence-electron chi connectivity index (χ3n) is 4.00. The lowest BCUT2D eigenvalue weighted by atomic mass is 9.76. The van der Waals surface area contributed by atoms with Crippen molar-refractivity contribution >= 4 is 17.4 Å². The van der Waals surface area contributed by atoms with Crippen molar-refractivity contribution in [3.05, 3.63) is 17.7 Å². The summed E-state index contributed by atoms with van der Waals surface area (Å²) in [4.78, 5) is 24.2. The predicted molar refractivity (Wildman–Crippen MR) is 93.6 cm³/mol. The zero-order valence-corrected chi connectivity index (χ0v) is 15.3. The monoisotopic (exact) mass is 348 g/mol. The van der Waals surface area contributed by atoms with E-state index in [1.54, 1.807) is 12.1 Å². The third-order valence-corrected chi connectivity index (χ3v) is 4.00. The van der Waals surface area contributed by atoms with Crippen molar-refractivity contribution in [3.63, 3.8) is 0 Å². The Bertz CT molecular complexity index is 684. The molecule has 136 valence electrons. The van der Waals surface area contributed by atoms with Crippen molar-refractivity contribution in [1.82, 2.24) is 5.43 Å². The van der Waals surface area contributed by atoms with Gasteiger partial charge in [-0.2, -0.15) is 5.10 Å². The van der Waals surface area contributed by atoms with Gasteiger partial charge < -0.3 is 14.2 Å². The lowest BCUT2D eigenvalue weighted by molar-refractivity contribution is -0.120. The average Bonchev–Trinajstić information content (AvgIpc) is 2.56. The van der Waals surface area contributed by atoms with Crippen LogP contribution in [0.5, 0.6) is 17.2 Å². The van der Waals surface area contributed by atoms with E-state index in [1.807, 2.05) is 13.8 Å². The number of carbonyl (C=O) groups is 2. The maximum atomic E-state index is 12.4. The third kappa shape index (κ3) is 4.49. The first-order chi connectivity index (χ1) is 11.8. The summed E-state index contributed by atoms with van der Waals surface area (Å²) in [6.07, 6.45) is 1.49. The molecule has 0 atom stereocenters. The van der Waals surface area contributed by atoms with Gasteiger partial charge in [0.15, 0.2) is 11.5 Å². The minimum atomic E-state index is -0.414. The van der Waals surface area contributed by atoms with Crippen LogP contribution in [-0.2, 0) is 4.79 Å². The minimum absolute atomic E-state index is 0.133. The van der Waals surface area contributed by atoms with Crippen molar-refractivity contribution in [2.24, 2.45) is 10.5 Å². The molecule has 1 aromatic carbocycles. The number of hydrogen-bond acceptors (Lipinski definition) is 6. The van der Waals surface area contributed by atoms with Gasteiger partial charge in [0.2, 0.25) is 5.75 Å². The molecule has 0 saturated heterocycles. The van der Waals surface area contributed by atoms with E-state index < -0.39 is 5.91 Å². The molecule has 1 amide bonds.